The van der Waals surface area contributed by atoms with Gasteiger partial charge in [-0.25, -0.2) is 0 Å². The van der Waals surface area contributed by atoms with E-state index in [1.807, 2.05) is 31.2 Å². The summed E-state index contributed by atoms with van der Waals surface area (Å²) in [6.45, 7) is 1.85. The smallest absolute Gasteiger partial charge is 0.411 e. The van der Waals surface area contributed by atoms with Crippen LogP contribution in [-0.2, 0) is 4.74 Å². The summed E-state index contributed by atoms with van der Waals surface area (Å²) in [7, 11) is 0. The summed E-state index contributed by atoms with van der Waals surface area (Å²) in [5, 5.41) is 3.24. The number of hydrogen-bond acceptors (Lipinski definition) is 3. The Morgan fingerprint density at radius 2 is 2.10 bits per heavy atom. The molecule has 1 aliphatic heterocycles. The first-order valence-corrected chi connectivity index (χ1v) is 6.57. The Hall–Kier alpha value is -1.27. The van der Waals surface area contributed by atoms with E-state index >= 15 is 0 Å². The van der Waals surface area contributed by atoms with Gasteiger partial charge in [0.1, 0.15) is 12.4 Å². The molecule has 3 nitrogen and oxygen atoms in total. The molecule has 2 unspecified atom stereocenters. The fourth-order valence-electron chi connectivity index (χ4n) is 2.28. The third-order valence-electron chi connectivity index (χ3n) is 3.20. The molecule has 1 aromatic carbocycles. The topological polar surface area (TPSA) is 30.5 Å². The van der Waals surface area contributed by atoms with Crippen LogP contribution in [-0.4, -0.2) is 32.5 Å². The largest absolute Gasteiger partial charge is 0.493 e. The van der Waals surface area contributed by atoms with Crippen LogP contribution in [0.2, 0.25) is 0 Å². The molecule has 6 heteroatoms. The number of ether oxygens (including phenoxy) is 2. The number of benzene rings is 1. The second-order valence-corrected chi connectivity index (χ2v) is 4.93. The Labute approximate surface area is 116 Å². The Bertz CT molecular complexity index is 437. The number of hydrogen-bond donors (Lipinski definition) is 1. The van der Waals surface area contributed by atoms with E-state index in [4.69, 9.17) is 4.74 Å². The van der Waals surface area contributed by atoms with Crippen LogP contribution in [0.4, 0.5) is 13.2 Å². The number of nitrogens with one attached hydrogen (secondary N) is 1. The predicted octanol–water partition coefficient (Wildman–Crippen LogP) is 2.92. The van der Waals surface area contributed by atoms with Crippen LogP contribution < -0.4 is 10.1 Å². The number of para-hydroxylation sites is 1. The van der Waals surface area contributed by atoms with Gasteiger partial charge in [0, 0.05) is 24.1 Å². The van der Waals surface area contributed by atoms with E-state index in [0.717, 1.165) is 11.3 Å². The lowest BCUT2D eigenvalue weighted by molar-refractivity contribution is -0.173. The lowest BCUT2D eigenvalue weighted by Crippen LogP contribution is -2.36. The van der Waals surface area contributed by atoms with E-state index in [9.17, 15) is 13.2 Å². The molecule has 1 aliphatic rings. The van der Waals surface area contributed by atoms with Crippen molar-refractivity contribution in [1.29, 1.82) is 0 Å². The molecule has 0 amide bonds. The van der Waals surface area contributed by atoms with Crippen molar-refractivity contribution in [3.8, 4) is 5.75 Å². The van der Waals surface area contributed by atoms with Crippen LogP contribution in [0.15, 0.2) is 24.3 Å². The molecule has 0 aliphatic carbocycles. The Morgan fingerprint density at radius 3 is 2.85 bits per heavy atom. The van der Waals surface area contributed by atoms with Gasteiger partial charge in [-0.3, -0.25) is 0 Å². The zero-order valence-corrected chi connectivity index (χ0v) is 11.2. The standard InChI is InChI=1S/C14H18F3NO2/c1-10-8-20-12-5-3-2-4-11(12)13(10)18-6-7-19-9-14(15,16)17/h2-5,10,13,18H,6-9H2,1H3. The van der Waals surface area contributed by atoms with Crippen molar-refractivity contribution in [2.45, 2.75) is 19.1 Å². The minimum atomic E-state index is -4.27. The highest BCUT2D eigenvalue weighted by Gasteiger charge is 2.28. The third kappa shape index (κ3) is 4.11. The molecule has 1 heterocycles. The highest BCUT2D eigenvalue weighted by atomic mass is 19.4. The van der Waals surface area contributed by atoms with Crippen molar-refractivity contribution in [2.24, 2.45) is 5.92 Å². The summed E-state index contributed by atoms with van der Waals surface area (Å²) >= 11 is 0. The predicted molar refractivity (Wildman–Crippen MR) is 68.7 cm³/mol. The van der Waals surface area contributed by atoms with E-state index in [2.05, 4.69) is 10.1 Å². The van der Waals surface area contributed by atoms with Gasteiger partial charge in [0.15, 0.2) is 0 Å². The molecule has 0 saturated carbocycles. The van der Waals surface area contributed by atoms with Gasteiger partial charge >= 0.3 is 6.18 Å². The lowest BCUT2D eigenvalue weighted by atomic mass is 9.92. The van der Waals surface area contributed by atoms with E-state index < -0.39 is 12.8 Å². The van der Waals surface area contributed by atoms with Gasteiger partial charge in [0.2, 0.25) is 0 Å². The van der Waals surface area contributed by atoms with E-state index in [1.165, 1.54) is 0 Å². The van der Waals surface area contributed by atoms with Gasteiger partial charge < -0.3 is 14.8 Å². The summed E-state index contributed by atoms with van der Waals surface area (Å²) in [6.07, 6.45) is -4.27. The molecule has 1 aromatic rings. The molecule has 2 atom stereocenters. The van der Waals surface area contributed by atoms with Crippen LogP contribution in [0.3, 0.4) is 0 Å². The van der Waals surface area contributed by atoms with Gasteiger partial charge in [0.05, 0.1) is 13.2 Å². The summed E-state index contributed by atoms with van der Waals surface area (Å²) in [6, 6.07) is 7.78. The van der Waals surface area contributed by atoms with Crippen LogP contribution in [0, 0.1) is 5.92 Å². The minimum absolute atomic E-state index is 0.0335. The molecule has 2 rings (SSSR count). The zero-order chi connectivity index (χ0) is 14.6. The first-order chi connectivity index (χ1) is 9.47. The van der Waals surface area contributed by atoms with Crippen molar-refractivity contribution < 1.29 is 22.6 Å². The van der Waals surface area contributed by atoms with E-state index in [1.54, 1.807) is 0 Å². The Balaban J connectivity index is 1.83. The van der Waals surface area contributed by atoms with Gasteiger partial charge in [0.25, 0.3) is 0 Å². The quantitative estimate of drug-likeness (QED) is 0.845. The maximum atomic E-state index is 11.9. The first-order valence-electron chi connectivity index (χ1n) is 6.57. The summed E-state index contributed by atoms with van der Waals surface area (Å²) in [5.74, 6) is 1.09. The number of halogens is 3. The molecular formula is C14H18F3NO2. The van der Waals surface area contributed by atoms with Crippen molar-refractivity contribution >= 4 is 0 Å². The third-order valence-corrected chi connectivity index (χ3v) is 3.20. The maximum Gasteiger partial charge on any atom is 0.411 e. The lowest BCUT2D eigenvalue weighted by Gasteiger charge is -2.32. The normalized spacial score (nSPS) is 22.2. The van der Waals surface area contributed by atoms with E-state index in [-0.39, 0.29) is 18.6 Å². The van der Waals surface area contributed by atoms with Crippen LogP contribution in [0.1, 0.15) is 18.5 Å². The average molecular weight is 289 g/mol. The van der Waals surface area contributed by atoms with Gasteiger partial charge in [-0.2, -0.15) is 13.2 Å². The molecular weight excluding hydrogens is 271 g/mol. The van der Waals surface area contributed by atoms with Crippen molar-refractivity contribution in [3.63, 3.8) is 0 Å². The molecule has 1 N–H and O–H groups in total. The van der Waals surface area contributed by atoms with Crippen molar-refractivity contribution in [3.05, 3.63) is 29.8 Å². The molecule has 0 fully saturated rings. The maximum absolute atomic E-state index is 11.9. The highest BCUT2D eigenvalue weighted by molar-refractivity contribution is 5.37. The molecule has 0 aromatic heterocycles. The Morgan fingerprint density at radius 1 is 1.35 bits per heavy atom. The van der Waals surface area contributed by atoms with Crippen molar-refractivity contribution in [2.75, 3.05) is 26.4 Å². The molecule has 0 radical (unpaired) electrons. The van der Waals surface area contributed by atoms with Gasteiger partial charge in [-0.15, -0.1) is 0 Å². The average Bonchev–Trinajstić information content (AvgIpc) is 2.39. The van der Waals surface area contributed by atoms with Crippen LogP contribution in [0.5, 0.6) is 5.75 Å². The zero-order valence-electron chi connectivity index (χ0n) is 11.2. The first kappa shape index (κ1) is 15.1. The molecule has 0 spiro atoms. The van der Waals surface area contributed by atoms with Crippen molar-refractivity contribution in [1.82, 2.24) is 5.32 Å². The number of fused-ring (bicyclic) bond motifs is 1. The number of rotatable bonds is 5. The fraction of sp³-hybridized carbons (Fsp3) is 0.571. The summed E-state index contributed by atoms with van der Waals surface area (Å²) in [4.78, 5) is 0. The van der Waals surface area contributed by atoms with E-state index in [0.29, 0.717) is 13.2 Å². The second-order valence-electron chi connectivity index (χ2n) is 4.93. The molecule has 0 saturated heterocycles. The monoisotopic (exact) mass is 289 g/mol. The number of alkyl halides is 3. The summed E-state index contributed by atoms with van der Waals surface area (Å²) < 4.78 is 46.0. The minimum Gasteiger partial charge on any atom is -0.493 e. The molecule has 20 heavy (non-hydrogen) atoms. The second kappa shape index (κ2) is 6.45. The van der Waals surface area contributed by atoms with Gasteiger partial charge in [-0.1, -0.05) is 25.1 Å². The SMILES string of the molecule is CC1COc2ccccc2C1NCCOCC(F)(F)F. The van der Waals surface area contributed by atoms with Gasteiger partial charge in [-0.05, 0) is 6.07 Å². The van der Waals surface area contributed by atoms with Crippen LogP contribution >= 0.6 is 0 Å². The molecule has 0 bridgehead atoms. The van der Waals surface area contributed by atoms with Crippen LogP contribution in [0.25, 0.3) is 0 Å². The summed E-state index contributed by atoms with van der Waals surface area (Å²) in [5.41, 5.74) is 1.04. The Kier molecular flexibility index (Phi) is 4.88. The fourth-order valence-corrected chi connectivity index (χ4v) is 2.28. The molecule has 112 valence electrons. The highest BCUT2D eigenvalue weighted by Crippen LogP contribution is 2.34.